The summed E-state index contributed by atoms with van der Waals surface area (Å²) in [5, 5.41) is 19.1. The van der Waals surface area contributed by atoms with Crippen molar-refractivity contribution in [1.29, 1.82) is 0 Å². The van der Waals surface area contributed by atoms with E-state index in [1.165, 1.54) is 0 Å². The number of phosphoric ester groups is 1. The Labute approximate surface area is 314 Å². The van der Waals surface area contributed by atoms with Gasteiger partial charge in [0.1, 0.15) is 12.2 Å². The number of carbonyl (C=O) groups is 2. The van der Waals surface area contributed by atoms with Gasteiger partial charge >= 0.3 is 19.8 Å². The molecule has 0 aromatic carbocycles. The van der Waals surface area contributed by atoms with E-state index in [1.54, 1.807) is 0 Å². The van der Waals surface area contributed by atoms with Crippen LogP contribution in [0.2, 0.25) is 0 Å². The molecule has 0 amide bonds. The summed E-state index contributed by atoms with van der Waals surface area (Å²) in [4.78, 5) is 34.3. The number of ether oxygens (including phenoxy) is 2. The maximum Gasteiger partial charge on any atom is 0.472 e. The van der Waals surface area contributed by atoms with Crippen LogP contribution in [-0.2, 0) is 32.7 Å². The molecule has 11 heteroatoms. The second kappa shape index (κ2) is 36.8. The number of hydrogen-bond acceptors (Lipinski definition) is 9. The highest BCUT2D eigenvalue weighted by atomic mass is 31.2. The molecule has 0 heterocycles. The van der Waals surface area contributed by atoms with Crippen LogP contribution in [0, 0.1) is 0 Å². The van der Waals surface area contributed by atoms with Crippen molar-refractivity contribution in [3.8, 4) is 0 Å². The lowest BCUT2D eigenvalue weighted by Gasteiger charge is -2.20. The standard InChI is InChI=1S/C41H69O10P/c1-3-5-7-9-11-13-15-16-17-18-19-20-21-22-23-25-27-29-31-33-41(45)51-39(35-43)37-49-52(46,47)48-36-38(34-42)50-40(44)32-30-28-26-24-14-12-10-8-6-4-2/h5,7-8,10-11,13,16-17,19-20,22-23,38-39,42-43H,3-4,6,9,12,14-15,18,21,24-37H2,1-2H3,(H,46,47)/b7-5-,10-8-,13-11-,17-16-,20-19-,23-22-. The van der Waals surface area contributed by atoms with Crippen LogP contribution in [-0.4, -0.2) is 65.7 Å². The molecule has 0 rings (SSSR count). The molecule has 0 spiro atoms. The zero-order chi connectivity index (χ0) is 38.4. The minimum absolute atomic E-state index is 0.149. The maximum atomic E-state index is 12.3. The van der Waals surface area contributed by atoms with E-state index in [-0.39, 0.29) is 12.8 Å². The van der Waals surface area contributed by atoms with Crippen LogP contribution >= 0.6 is 7.82 Å². The first-order chi connectivity index (χ1) is 25.3. The van der Waals surface area contributed by atoms with Crippen molar-refractivity contribution in [2.24, 2.45) is 0 Å². The van der Waals surface area contributed by atoms with Crippen LogP contribution in [0.1, 0.15) is 136 Å². The van der Waals surface area contributed by atoms with Gasteiger partial charge in [-0.25, -0.2) is 4.57 Å². The predicted molar refractivity (Wildman–Crippen MR) is 210 cm³/mol. The number of hydrogen-bond donors (Lipinski definition) is 3. The summed E-state index contributed by atoms with van der Waals surface area (Å²) in [6.45, 7) is 1.94. The molecule has 0 bridgehead atoms. The summed E-state index contributed by atoms with van der Waals surface area (Å²) in [5.41, 5.74) is 0. The number of esters is 2. The highest BCUT2D eigenvalue weighted by molar-refractivity contribution is 7.47. The zero-order valence-electron chi connectivity index (χ0n) is 32.0. The maximum absolute atomic E-state index is 12.3. The monoisotopic (exact) mass is 752 g/mol. The Kier molecular flexibility index (Phi) is 34.9. The number of phosphoric acid groups is 1. The van der Waals surface area contributed by atoms with Crippen LogP contribution < -0.4 is 0 Å². The van der Waals surface area contributed by atoms with Crippen molar-refractivity contribution < 1.29 is 47.8 Å². The number of aliphatic hydroxyl groups excluding tert-OH is 2. The molecule has 3 N–H and O–H groups in total. The Bertz CT molecular complexity index is 1100. The van der Waals surface area contributed by atoms with E-state index in [0.717, 1.165) is 96.3 Å². The summed E-state index contributed by atoms with van der Waals surface area (Å²) in [6.07, 6.45) is 40.3. The SMILES string of the molecule is CC/C=C\C/C=C\C/C=C\C/C=C\C/C=C\CCCCCC(=O)OC(CO)COP(=O)(O)OCC(CO)OC(=O)CCCCCCC/C=C\CCC. The van der Waals surface area contributed by atoms with Gasteiger partial charge < -0.3 is 24.6 Å². The van der Waals surface area contributed by atoms with Gasteiger partial charge in [0, 0.05) is 12.8 Å². The Hall–Kier alpha value is -2.59. The number of allylic oxidation sites excluding steroid dienone is 12. The molecule has 3 unspecified atom stereocenters. The normalized spacial score (nSPS) is 14.8. The zero-order valence-corrected chi connectivity index (χ0v) is 32.9. The molecule has 298 valence electrons. The largest absolute Gasteiger partial charge is 0.472 e. The second-order valence-electron chi connectivity index (χ2n) is 12.5. The molecule has 10 nitrogen and oxygen atoms in total. The van der Waals surface area contributed by atoms with Crippen molar-refractivity contribution in [1.82, 2.24) is 0 Å². The number of aliphatic hydroxyl groups is 2. The van der Waals surface area contributed by atoms with Crippen molar-refractivity contribution in [3.05, 3.63) is 72.9 Å². The highest BCUT2D eigenvalue weighted by Crippen LogP contribution is 2.43. The highest BCUT2D eigenvalue weighted by Gasteiger charge is 2.27. The molecule has 0 aliphatic heterocycles. The van der Waals surface area contributed by atoms with E-state index in [2.05, 4.69) is 86.8 Å². The lowest BCUT2D eigenvalue weighted by Crippen LogP contribution is -2.28. The Morgan fingerprint density at radius 1 is 0.538 bits per heavy atom. The second-order valence-corrected chi connectivity index (χ2v) is 14.0. The number of rotatable bonds is 35. The molecule has 0 saturated heterocycles. The first kappa shape index (κ1) is 49.4. The van der Waals surface area contributed by atoms with Crippen LogP contribution in [0.4, 0.5) is 0 Å². The topological polar surface area (TPSA) is 149 Å². The van der Waals surface area contributed by atoms with Gasteiger partial charge in [0.15, 0.2) is 0 Å². The molecule has 0 aliphatic carbocycles. The minimum Gasteiger partial charge on any atom is -0.457 e. The Balaban J connectivity index is 4.05. The smallest absolute Gasteiger partial charge is 0.457 e. The molecular formula is C41H69O10P. The van der Waals surface area contributed by atoms with E-state index in [9.17, 15) is 29.3 Å². The van der Waals surface area contributed by atoms with Gasteiger partial charge in [-0.05, 0) is 77.0 Å². The van der Waals surface area contributed by atoms with Crippen LogP contribution in [0.5, 0.6) is 0 Å². The van der Waals surface area contributed by atoms with E-state index < -0.39 is 58.4 Å². The third-order valence-corrected chi connectivity index (χ3v) is 8.58. The van der Waals surface area contributed by atoms with E-state index in [1.807, 2.05) is 0 Å². The lowest BCUT2D eigenvalue weighted by atomic mass is 10.1. The molecule has 0 aromatic heterocycles. The van der Waals surface area contributed by atoms with Crippen LogP contribution in [0.15, 0.2) is 72.9 Å². The molecule has 0 aliphatic rings. The van der Waals surface area contributed by atoms with Gasteiger partial charge in [-0.1, -0.05) is 119 Å². The van der Waals surface area contributed by atoms with E-state index >= 15 is 0 Å². The van der Waals surface area contributed by atoms with Crippen molar-refractivity contribution in [3.63, 3.8) is 0 Å². The fourth-order valence-electron chi connectivity index (χ4n) is 4.67. The van der Waals surface area contributed by atoms with Gasteiger partial charge in [-0.2, -0.15) is 0 Å². The third-order valence-electron chi connectivity index (χ3n) is 7.63. The van der Waals surface area contributed by atoms with Crippen LogP contribution in [0.25, 0.3) is 0 Å². The van der Waals surface area contributed by atoms with Gasteiger partial charge in [-0.3, -0.25) is 18.6 Å². The van der Waals surface area contributed by atoms with Gasteiger partial charge in [-0.15, -0.1) is 0 Å². The minimum atomic E-state index is -4.64. The fourth-order valence-corrected chi connectivity index (χ4v) is 5.45. The average Bonchev–Trinajstić information content (AvgIpc) is 3.13. The quantitative estimate of drug-likeness (QED) is 0.0247. The number of carbonyl (C=O) groups excluding carboxylic acids is 2. The Morgan fingerprint density at radius 3 is 1.35 bits per heavy atom. The molecule has 0 radical (unpaired) electrons. The fraction of sp³-hybridized carbons (Fsp3) is 0.659. The summed E-state index contributed by atoms with van der Waals surface area (Å²) in [7, 11) is -4.64. The molecule has 0 fully saturated rings. The third kappa shape index (κ3) is 34.5. The molecule has 3 atom stereocenters. The molecule has 52 heavy (non-hydrogen) atoms. The van der Waals surface area contributed by atoms with Crippen molar-refractivity contribution in [2.75, 3.05) is 26.4 Å². The van der Waals surface area contributed by atoms with Gasteiger partial charge in [0.25, 0.3) is 0 Å². The van der Waals surface area contributed by atoms with E-state index in [4.69, 9.17) is 18.5 Å². The Morgan fingerprint density at radius 2 is 0.904 bits per heavy atom. The summed E-state index contributed by atoms with van der Waals surface area (Å²) >= 11 is 0. The van der Waals surface area contributed by atoms with Gasteiger partial charge in [0.2, 0.25) is 0 Å². The van der Waals surface area contributed by atoms with E-state index in [0.29, 0.717) is 12.8 Å². The molecule has 0 saturated carbocycles. The first-order valence-electron chi connectivity index (χ1n) is 19.4. The van der Waals surface area contributed by atoms with Crippen molar-refractivity contribution >= 4 is 19.8 Å². The number of unbranched alkanes of at least 4 members (excludes halogenated alkanes) is 9. The average molecular weight is 753 g/mol. The summed E-state index contributed by atoms with van der Waals surface area (Å²) in [6, 6.07) is 0. The summed E-state index contributed by atoms with van der Waals surface area (Å²) in [5.74, 6) is -1.07. The van der Waals surface area contributed by atoms with Crippen molar-refractivity contribution in [2.45, 2.75) is 148 Å². The molecule has 0 aromatic rings. The lowest BCUT2D eigenvalue weighted by molar-refractivity contribution is -0.153. The summed E-state index contributed by atoms with van der Waals surface area (Å²) < 4.78 is 32.4. The van der Waals surface area contributed by atoms with Crippen LogP contribution in [0.3, 0.4) is 0 Å². The predicted octanol–water partition coefficient (Wildman–Crippen LogP) is 9.72. The first-order valence-corrected chi connectivity index (χ1v) is 20.9. The van der Waals surface area contributed by atoms with Gasteiger partial charge in [0.05, 0.1) is 26.4 Å². The molecular weight excluding hydrogens is 683 g/mol.